The molecule has 96 valence electrons. The summed E-state index contributed by atoms with van der Waals surface area (Å²) in [6.45, 7) is 0.586. The molecule has 5 heteroatoms. The molecule has 0 spiro atoms. The lowest BCUT2D eigenvalue weighted by Gasteiger charge is -2.10. The Balaban J connectivity index is 2.08. The van der Waals surface area contributed by atoms with Gasteiger partial charge in [-0.05, 0) is 40.2 Å². The second-order valence-electron chi connectivity index (χ2n) is 3.63. The quantitative estimate of drug-likeness (QED) is 0.668. The first-order valence-electron chi connectivity index (χ1n) is 5.31. The topological polar surface area (TPSA) is 18.5 Å². The van der Waals surface area contributed by atoms with Crippen LogP contribution in [-0.2, 0) is 11.9 Å². The van der Waals surface area contributed by atoms with Crippen LogP contribution < -0.4 is 9.47 Å². The Kier molecular flexibility index (Phi) is 5.09. The average Bonchev–Trinajstić information content (AvgIpc) is 2.82. The third-order valence-corrected chi connectivity index (χ3v) is 4.68. The molecule has 0 saturated heterocycles. The molecule has 0 bridgehead atoms. The minimum absolute atomic E-state index is 0.586. The number of benzene rings is 1. The standard InChI is InChI=1S/C13H12Br2O2S/c1-16-11-2-3-13(9(4-11)6-14)17-7-12-5-10(15)8-18-12/h2-5,8H,6-7H2,1H3. The molecule has 2 aromatic rings. The Morgan fingerprint density at radius 2 is 2.11 bits per heavy atom. The molecule has 0 saturated carbocycles. The summed E-state index contributed by atoms with van der Waals surface area (Å²) in [6, 6.07) is 7.90. The summed E-state index contributed by atoms with van der Waals surface area (Å²) in [7, 11) is 1.66. The minimum atomic E-state index is 0.586. The van der Waals surface area contributed by atoms with Gasteiger partial charge in [0.05, 0.1) is 7.11 Å². The number of halogens is 2. The van der Waals surface area contributed by atoms with Crippen molar-refractivity contribution in [3.63, 3.8) is 0 Å². The van der Waals surface area contributed by atoms with Crippen LogP contribution in [0.25, 0.3) is 0 Å². The second kappa shape index (κ2) is 6.59. The molecule has 18 heavy (non-hydrogen) atoms. The van der Waals surface area contributed by atoms with Gasteiger partial charge in [0.1, 0.15) is 18.1 Å². The molecule has 2 nitrogen and oxygen atoms in total. The van der Waals surface area contributed by atoms with Gasteiger partial charge in [-0.15, -0.1) is 11.3 Å². The summed E-state index contributed by atoms with van der Waals surface area (Å²) in [5.74, 6) is 1.73. The summed E-state index contributed by atoms with van der Waals surface area (Å²) in [4.78, 5) is 1.19. The van der Waals surface area contributed by atoms with Gasteiger partial charge in [0, 0.05) is 25.6 Å². The molecule has 0 atom stereocenters. The van der Waals surface area contributed by atoms with Crippen LogP contribution in [-0.4, -0.2) is 7.11 Å². The van der Waals surface area contributed by atoms with Crippen LogP contribution in [0, 0.1) is 0 Å². The molecule has 0 aliphatic carbocycles. The van der Waals surface area contributed by atoms with Crippen LogP contribution in [0.2, 0.25) is 0 Å². The van der Waals surface area contributed by atoms with Crippen molar-refractivity contribution in [3.05, 3.63) is 44.6 Å². The molecule has 0 fully saturated rings. The van der Waals surface area contributed by atoms with Crippen LogP contribution >= 0.6 is 43.2 Å². The van der Waals surface area contributed by atoms with Crippen molar-refractivity contribution in [1.29, 1.82) is 0 Å². The molecular weight excluding hydrogens is 380 g/mol. The molecule has 1 aromatic carbocycles. The lowest BCUT2D eigenvalue weighted by molar-refractivity contribution is 0.306. The highest BCUT2D eigenvalue weighted by molar-refractivity contribution is 9.10. The number of alkyl halides is 1. The van der Waals surface area contributed by atoms with Crippen LogP contribution in [0.15, 0.2) is 34.1 Å². The van der Waals surface area contributed by atoms with Crippen LogP contribution in [0.5, 0.6) is 11.5 Å². The van der Waals surface area contributed by atoms with Gasteiger partial charge >= 0.3 is 0 Å². The smallest absolute Gasteiger partial charge is 0.124 e. The number of hydrogen-bond donors (Lipinski definition) is 0. The third kappa shape index (κ3) is 3.49. The van der Waals surface area contributed by atoms with Gasteiger partial charge in [-0.3, -0.25) is 0 Å². The van der Waals surface area contributed by atoms with E-state index in [0.717, 1.165) is 26.9 Å². The Morgan fingerprint density at radius 1 is 1.28 bits per heavy atom. The van der Waals surface area contributed by atoms with Crippen molar-refractivity contribution < 1.29 is 9.47 Å². The lowest BCUT2D eigenvalue weighted by atomic mass is 10.2. The highest BCUT2D eigenvalue weighted by Gasteiger charge is 2.06. The predicted octanol–water partition coefficient (Wildman–Crippen LogP) is 4.99. The lowest BCUT2D eigenvalue weighted by Crippen LogP contribution is -1.96. The third-order valence-electron chi connectivity index (χ3n) is 2.40. The zero-order valence-corrected chi connectivity index (χ0v) is 13.8. The van der Waals surface area contributed by atoms with Crippen molar-refractivity contribution in [2.75, 3.05) is 7.11 Å². The molecule has 0 aliphatic rings. The highest BCUT2D eigenvalue weighted by atomic mass is 79.9. The predicted molar refractivity (Wildman–Crippen MR) is 82.0 cm³/mol. The maximum atomic E-state index is 5.83. The van der Waals surface area contributed by atoms with Crippen LogP contribution in [0.4, 0.5) is 0 Å². The van der Waals surface area contributed by atoms with Gasteiger partial charge in [0.25, 0.3) is 0 Å². The Bertz CT molecular complexity index is 525. The molecular formula is C13H12Br2O2S. The summed E-state index contributed by atoms with van der Waals surface area (Å²) in [5.41, 5.74) is 1.09. The summed E-state index contributed by atoms with van der Waals surface area (Å²) in [6.07, 6.45) is 0. The fraction of sp³-hybridized carbons (Fsp3) is 0.231. The van der Waals surface area contributed by atoms with Crippen LogP contribution in [0.1, 0.15) is 10.4 Å². The van der Waals surface area contributed by atoms with E-state index >= 15 is 0 Å². The molecule has 0 unspecified atom stereocenters. The average molecular weight is 392 g/mol. The number of hydrogen-bond acceptors (Lipinski definition) is 3. The normalized spacial score (nSPS) is 10.4. The van der Waals surface area contributed by atoms with E-state index in [-0.39, 0.29) is 0 Å². The molecule has 0 radical (unpaired) electrons. The molecule has 1 heterocycles. The maximum absolute atomic E-state index is 5.83. The molecule has 0 amide bonds. The van der Waals surface area contributed by atoms with Crippen molar-refractivity contribution in [2.24, 2.45) is 0 Å². The van der Waals surface area contributed by atoms with E-state index in [1.165, 1.54) is 4.88 Å². The first-order valence-corrected chi connectivity index (χ1v) is 8.11. The van der Waals surface area contributed by atoms with Crippen molar-refractivity contribution >= 4 is 43.2 Å². The van der Waals surface area contributed by atoms with E-state index in [2.05, 4.69) is 43.3 Å². The number of ether oxygens (including phenoxy) is 2. The van der Waals surface area contributed by atoms with Gasteiger partial charge in [0.2, 0.25) is 0 Å². The van der Waals surface area contributed by atoms with E-state index in [9.17, 15) is 0 Å². The van der Waals surface area contributed by atoms with Crippen molar-refractivity contribution in [2.45, 2.75) is 11.9 Å². The molecule has 1 aromatic heterocycles. The summed E-state index contributed by atoms with van der Waals surface area (Å²) < 4.78 is 12.1. The SMILES string of the molecule is COc1ccc(OCc2cc(Br)cs2)c(CBr)c1. The molecule has 2 rings (SSSR count). The summed E-state index contributed by atoms with van der Waals surface area (Å²) in [5, 5.41) is 2.80. The number of thiophene rings is 1. The zero-order chi connectivity index (χ0) is 13.0. The van der Waals surface area contributed by atoms with E-state index in [1.807, 2.05) is 18.2 Å². The Labute approximate surface area is 127 Å². The van der Waals surface area contributed by atoms with Crippen molar-refractivity contribution in [3.8, 4) is 11.5 Å². The monoisotopic (exact) mass is 390 g/mol. The van der Waals surface area contributed by atoms with E-state index in [0.29, 0.717) is 6.61 Å². The van der Waals surface area contributed by atoms with Gasteiger partial charge < -0.3 is 9.47 Å². The fourth-order valence-corrected chi connectivity index (χ4v) is 3.31. The van der Waals surface area contributed by atoms with Crippen LogP contribution in [0.3, 0.4) is 0 Å². The van der Waals surface area contributed by atoms with E-state index in [4.69, 9.17) is 9.47 Å². The highest BCUT2D eigenvalue weighted by Crippen LogP contribution is 2.28. The number of rotatable bonds is 5. The minimum Gasteiger partial charge on any atom is -0.497 e. The van der Waals surface area contributed by atoms with Crippen molar-refractivity contribution in [1.82, 2.24) is 0 Å². The first kappa shape index (κ1) is 13.9. The van der Waals surface area contributed by atoms with Gasteiger partial charge in [-0.1, -0.05) is 15.9 Å². The second-order valence-corrected chi connectivity index (χ2v) is 6.10. The van der Waals surface area contributed by atoms with Gasteiger partial charge in [-0.25, -0.2) is 0 Å². The first-order chi connectivity index (χ1) is 8.72. The maximum Gasteiger partial charge on any atom is 0.124 e. The zero-order valence-electron chi connectivity index (χ0n) is 9.78. The van der Waals surface area contributed by atoms with Gasteiger partial charge in [-0.2, -0.15) is 0 Å². The molecule has 0 N–H and O–H groups in total. The Morgan fingerprint density at radius 3 is 2.72 bits per heavy atom. The van der Waals surface area contributed by atoms with E-state index < -0.39 is 0 Å². The largest absolute Gasteiger partial charge is 0.497 e. The Hall–Kier alpha value is -0.520. The van der Waals surface area contributed by atoms with E-state index in [1.54, 1.807) is 18.4 Å². The summed E-state index contributed by atoms with van der Waals surface area (Å²) >= 11 is 8.58. The molecule has 0 aliphatic heterocycles. The fourth-order valence-electron chi connectivity index (χ4n) is 1.51. The van der Waals surface area contributed by atoms with Gasteiger partial charge in [0.15, 0.2) is 0 Å². The number of methoxy groups -OCH3 is 1.